The molecule has 0 amide bonds. The number of nitrogens with one attached hydrogen (secondary N) is 1. The predicted molar refractivity (Wildman–Crippen MR) is 236 cm³/mol. The van der Waals surface area contributed by atoms with Crippen LogP contribution in [0.1, 0.15) is 284 Å². The molecule has 0 aliphatic rings. The number of rotatable bonds is 42. The van der Waals surface area contributed by atoms with Crippen LogP contribution in [0.3, 0.4) is 0 Å². The Hall–Kier alpha value is -0.920. The summed E-state index contributed by atoms with van der Waals surface area (Å²) in [6.07, 6.45) is 63.4. The smallest absolute Gasteiger partial charge is 0.00989 e. The lowest BCUT2D eigenvalue weighted by Gasteiger charge is -2.06. The molecule has 302 valence electrons. The molecule has 0 spiro atoms. The van der Waals surface area contributed by atoms with E-state index in [0.717, 1.165) is 6.42 Å². The second-order valence-electron chi connectivity index (χ2n) is 16.0. The third kappa shape index (κ3) is 56.0. The van der Waals surface area contributed by atoms with E-state index in [1.807, 2.05) is 0 Å². The van der Waals surface area contributed by atoms with Gasteiger partial charge in [-0.05, 0) is 44.2 Å². The van der Waals surface area contributed by atoms with Crippen LogP contribution in [0, 0.1) is 24.2 Å². The fourth-order valence-electron chi connectivity index (χ4n) is 7.18. The molecule has 0 aromatic carbocycles. The molecule has 1 nitrogen and oxygen atoms in total. The Morgan fingerprint density at radius 2 is 0.510 bits per heavy atom. The summed E-state index contributed by atoms with van der Waals surface area (Å²) >= 11 is 0. The summed E-state index contributed by atoms with van der Waals surface area (Å²) in [7, 11) is 0. The summed E-state index contributed by atoms with van der Waals surface area (Å²) in [5.74, 6) is 8.04. The van der Waals surface area contributed by atoms with Crippen molar-refractivity contribution in [3.63, 3.8) is 0 Å². The first-order valence-electron chi connectivity index (χ1n) is 24.0. The lowest BCUT2D eigenvalue weighted by atomic mass is 10.0. The van der Waals surface area contributed by atoms with Crippen molar-refractivity contribution in [3.8, 4) is 24.2 Å². The van der Waals surface area contributed by atoms with Crippen molar-refractivity contribution in [1.82, 2.24) is 5.32 Å². The van der Waals surface area contributed by atoms with Crippen molar-refractivity contribution in [2.45, 2.75) is 284 Å². The van der Waals surface area contributed by atoms with Crippen molar-refractivity contribution >= 4 is 0 Å². The average molecular weight is 712 g/mol. The summed E-state index contributed by atoms with van der Waals surface area (Å²) in [4.78, 5) is 0. The largest absolute Gasteiger partial charge is 0.317 e. The predicted octanol–water partition coefficient (Wildman–Crippen LogP) is 17.3. The highest BCUT2D eigenvalue weighted by atomic mass is 14.8. The summed E-state index contributed by atoms with van der Waals surface area (Å²) < 4.78 is 0. The summed E-state index contributed by atoms with van der Waals surface area (Å²) in [6.45, 7) is 9.38. The van der Waals surface area contributed by atoms with Gasteiger partial charge in [-0.2, -0.15) is 0 Å². The van der Waals surface area contributed by atoms with Crippen LogP contribution in [-0.4, -0.2) is 13.1 Å². The number of hydrogen-bond donors (Lipinski definition) is 1. The van der Waals surface area contributed by atoms with Gasteiger partial charge < -0.3 is 5.32 Å². The summed E-state index contributed by atoms with van der Waals surface area (Å²) in [6, 6.07) is 0. The molecule has 0 heterocycles. The van der Waals surface area contributed by atoms with Gasteiger partial charge in [-0.3, -0.25) is 0 Å². The maximum absolute atomic E-state index is 5.08. The van der Waals surface area contributed by atoms with Gasteiger partial charge in [0, 0.05) is 6.42 Å². The molecule has 0 saturated carbocycles. The van der Waals surface area contributed by atoms with Gasteiger partial charge in [0.2, 0.25) is 0 Å². The van der Waals surface area contributed by atoms with E-state index in [-0.39, 0.29) is 0 Å². The van der Waals surface area contributed by atoms with Crippen molar-refractivity contribution in [1.29, 1.82) is 0 Å². The van der Waals surface area contributed by atoms with E-state index in [1.54, 1.807) is 0 Å². The minimum absolute atomic E-state index is 0.975. The highest BCUT2D eigenvalue weighted by molar-refractivity contribution is 5.21. The van der Waals surface area contributed by atoms with E-state index in [4.69, 9.17) is 6.42 Å². The van der Waals surface area contributed by atoms with Crippen LogP contribution in [-0.2, 0) is 0 Å². The molecule has 0 unspecified atom stereocenters. The van der Waals surface area contributed by atoms with E-state index in [1.165, 1.54) is 270 Å². The molecule has 0 aliphatic heterocycles. The van der Waals surface area contributed by atoms with Crippen LogP contribution < -0.4 is 5.32 Å². The zero-order valence-electron chi connectivity index (χ0n) is 36.0. The topological polar surface area (TPSA) is 12.0 Å². The Morgan fingerprint density at radius 1 is 0.294 bits per heavy atom. The molecule has 0 aromatic heterocycles. The third-order valence-electron chi connectivity index (χ3n) is 10.7. The van der Waals surface area contributed by atoms with Gasteiger partial charge in [-0.15, -0.1) is 6.42 Å². The molecule has 0 saturated heterocycles. The molecule has 0 radical (unpaired) electrons. The van der Waals surface area contributed by atoms with Gasteiger partial charge in [-0.25, -0.2) is 0 Å². The second-order valence-corrected chi connectivity index (χ2v) is 16.0. The van der Waals surface area contributed by atoms with E-state index in [2.05, 4.69) is 43.8 Å². The molecule has 51 heavy (non-hydrogen) atoms. The fourth-order valence-corrected chi connectivity index (χ4v) is 7.18. The third-order valence-corrected chi connectivity index (χ3v) is 10.7. The van der Waals surface area contributed by atoms with E-state index in [9.17, 15) is 0 Å². The van der Waals surface area contributed by atoms with Crippen molar-refractivity contribution in [2.24, 2.45) is 0 Å². The average Bonchev–Trinajstić information content (AvgIpc) is 3.14. The second kappa shape index (κ2) is 53.4. The zero-order valence-corrected chi connectivity index (χ0v) is 36.0. The highest BCUT2D eigenvalue weighted by Crippen LogP contribution is 2.15. The Morgan fingerprint density at radius 3 is 0.745 bits per heavy atom. The van der Waals surface area contributed by atoms with Crippen LogP contribution in [0.2, 0.25) is 0 Å². The summed E-state index contributed by atoms with van der Waals surface area (Å²) in [5, 5.41) is 3.66. The monoisotopic (exact) mass is 712 g/mol. The van der Waals surface area contributed by atoms with Crippen molar-refractivity contribution in [3.05, 3.63) is 0 Å². The SMILES string of the molecule is C#CC#CCCCCCCCCCCCCCCCCCC.CCCCCCCCCCCCCCNCCCCCCCCCCCCCC. The molecular formula is C50H97N. The van der Waals surface area contributed by atoms with Crippen LogP contribution >= 0.6 is 0 Å². The standard InChI is InChI=1S/C28H59N.C22H38/c1-3-5-7-9-11-13-15-17-19-21-23-25-27-29-28-26-24-22-20-18-16-14-12-10-8-6-4-2;1-3-5-7-9-11-13-15-17-19-21-22-20-18-16-14-12-10-8-6-4-2/h29H,3-28H2,1-2H3;1H,4,6,8-22H2,2H3. The van der Waals surface area contributed by atoms with Gasteiger partial charge >= 0.3 is 0 Å². The van der Waals surface area contributed by atoms with Crippen LogP contribution in [0.5, 0.6) is 0 Å². The first-order valence-corrected chi connectivity index (χ1v) is 24.0. The van der Waals surface area contributed by atoms with Crippen LogP contribution in [0.25, 0.3) is 0 Å². The van der Waals surface area contributed by atoms with Crippen LogP contribution in [0.4, 0.5) is 0 Å². The van der Waals surface area contributed by atoms with E-state index >= 15 is 0 Å². The van der Waals surface area contributed by atoms with E-state index in [0.29, 0.717) is 0 Å². The molecular weight excluding hydrogens is 615 g/mol. The first-order chi connectivity index (χ1) is 25.3. The number of unbranched alkanes of at least 4 members (excludes halogenated alkanes) is 38. The molecule has 1 N–H and O–H groups in total. The van der Waals surface area contributed by atoms with Gasteiger partial charge in [0.25, 0.3) is 0 Å². The fraction of sp³-hybridized carbons (Fsp3) is 0.920. The molecule has 0 aliphatic carbocycles. The Balaban J connectivity index is 0. The molecule has 0 rings (SSSR count). The van der Waals surface area contributed by atoms with Crippen LogP contribution in [0.15, 0.2) is 0 Å². The maximum Gasteiger partial charge on any atom is 0.00989 e. The quantitative estimate of drug-likeness (QED) is 0.0491. The molecule has 0 aromatic rings. The Bertz CT molecular complexity index is 651. The van der Waals surface area contributed by atoms with Gasteiger partial charge in [0.15, 0.2) is 0 Å². The number of terminal acetylenes is 1. The van der Waals surface area contributed by atoms with Gasteiger partial charge in [0.05, 0.1) is 0 Å². The zero-order chi connectivity index (χ0) is 37.2. The highest BCUT2D eigenvalue weighted by Gasteiger charge is 1.97. The molecule has 0 fully saturated rings. The Kier molecular flexibility index (Phi) is 54.7. The minimum Gasteiger partial charge on any atom is -0.317 e. The van der Waals surface area contributed by atoms with Gasteiger partial charge in [0.1, 0.15) is 0 Å². The van der Waals surface area contributed by atoms with Gasteiger partial charge in [-0.1, -0.05) is 264 Å². The van der Waals surface area contributed by atoms with Crippen molar-refractivity contribution < 1.29 is 0 Å². The lowest BCUT2D eigenvalue weighted by Crippen LogP contribution is -2.16. The maximum atomic E-state index is 5.08. The first kappa shape index (κ1) is 52.2. The molecule has 0 atom stereocenters. The molecule has 1 heteroatoms. The summed E-state index contributed by atoms with van der Waals surface area (Å²) in [5.41, 5.74) is 0. The normalized spacial score (nSPS) is 10.8. The Labute approximate surface area is 325 Å². The van der Waals surface area contributed by atoms with E-state index < -0.39 is 0 Å². The molecule has 0 bridgehead atoms. The lowest BCUT2D eigenvalue weighted by molar-refractivity contribution is 0.521. The minimum atomic E-state index is 0.975. The van der Waals surface area contributed by atoms with Crippen molar-refractivity contribution in [2.75, 3.05) is 13.1 Å². The number of hydrogen-bond acceptors (Lipinski definition) is 1.